The predicted octanol–water partition coefficient (Wildman–Crippen LogP) is 1.74. The lowest BCUT2D eigenvalue weighted by Crippen LogP contribution is -2.15. The van der Waals surface area contributed by atoms with Crippen LogP contribution in [0.15, 0.2) is 24.4 Å². The number of rotatable bonds is 6. The molecule has 2 heterocycles. The highest BCUT2D eigenvalue weighted by molar-refractivity contribution is 5.94. The van der Waals surface area contributed by atoms with E-state index in [2.05, 4.69) is 20.8 Å². The van der Waals surface area contributed by atoms with E-state index in [1.807, 2.05) is 25.2 Å². The molecule has 1 aromatic carbocycles. The summed E-state index contributed by atoms with van der Waals surface area (Å²) in [5.41, 5.74) is 1.73. The molecule has 1 aliphatic heterocycles. The fourth-order valence-corrected chi connectivity index (χ4v) is 2.29. The molecule has 22 heavy (non-hydrogen) atoms. The van der Waals surface area contributed by atoms with E-state index in [1.165, 1.54) is 0 Å². The molecule has 0 radical (unpaired) electrons. The molecule has 0 fully saturated rings. The summed E-state index contributed by atoms with van der Waals surface area (Å²) in [6.07, 6.45) is 2.93. The van der Waals surface area contributed by atoms with Crippen LogP contribution in [0.2, 0.25) is 0 Å². The number of ether oxygens (including phenoxy) is 2. The molecule has 0 saturated heterocycles. The molecule has 0 bridgehead atoms. The summed E-state index contributed by atoms with van der Waals surface area (Å²) in [6.45, 7) is 1.05. The molecular weight excluding hydrogens is 284 g/mol. The summed E-state index contributed by atoms with van der Waals surface area (Å²) in [4.78, 5) is 11.9. The minimum absolute atomic E-state index is 0.0403. The molecule has 7 heteroatoms. The van der Waals surface area contributed by atoms with Crippen LogP contribution in [0.1, 0.15) is 12.8 Å². The van der Waals surface area contributed by atoms with Gasteiger partial charge < -0.3 is 20.1 Å². The van der Waals surface area contributed by atoms with Gasteiger partial charge in [0.15, 0.2) is 11.5 Å². The van der Waals surface area contributed by atoms with E-state index in [1.54, 1.807) is 6.20 Å². The van der Waals surface area contributed by atoms with Crippen molar-refractivity contribution in [3.63, 3.8) is 0 Å². The van der Waals surface area contributed by atoms with E-state index < -0.39 is 0 Å². The van der Waals surface area contributed by atoms with Gasteiger partial charge in [-0.2, -0.15) is 5.10 Å². The van der Waals surface area contributed by atoms with E-state index in [9.17, 15) is 4.79 Å². The van der Waals surface area contributed by atoms with Crippen molar-refractivity contribution in [2.24, 2.45) is 0 Å². The SMILES string of the molecule is CNCCCC(=O)Nc1[nH]ncc1-c1ccc2c(c1)OCO2. The van der Waals surface area contributed by atoms with Gasteiger partial charge in [-0.1, -0.05) is 6.07 Å². The van der Waals surface area contributed by atoms with Crippen LogP contribution in [0.25, 0.3) is 11.1 Å². The minimum Gasteiger partial charge on any atom is -0.454 e. The average molecular weight is 302 g/mol. The highest BCUT2D eigenvalue weighted by Crippen LogP contribution is 2.37. The van der Waals surface area contributed by atoms with E-state index >= 15 is 0 Å². The highest BCUT2D eigenvalue weighted by Gasteiger charge is 2.16. The number of benzene rings is 1. The Morgan fingerprint density at radius 3 is 3.09 bits per heavy atom. The van der Waals surface area contributed by atoms with Crippen LogP contribution in [0.5, 0.6) is 11.5 Å². The number of nitrogens with zero attached hydrogens (tertiary/aromatic N) is 1. The number of amides is 1. The van der Waals surface area contributed by atoms with Gasteiger partial charge in [-0.05, 0) is 37.7 Å². The Hall–Kier alpha value is -2.54. The van der Waals surface area contributed by atoms with E-state index in [4.69, 9.17) is 9.47 Å². The third-order valence-corrected chi connectivity index (χ3v) is 3.42. The van der Waals surface area contributed by atoms with Gasteiger partial charge >= 0.3 is 0 Å². The maximum atomic E-state index is 11.9. The summed E-state index contributed by atoms with van der Waals surface area (Å²) < 4.78 is 10.7. The molecule has 2 aromatic rings. The zero-order valence-corrected chi connectivity index (χ0v) is 12.3. The fraction of sp³-hybridized carbons (Fsp3) is 0.333. The Bertz CT molecular complexity index is 669. The van der Waals surface area contributed by atoms with Gasteiger partial charge in [-0.15, -0.1) is 0 Å². The molecule has 1 aromatic heterocycles. The molecule has 1 aliphatic rings. The van der Waals surface area contributed by atoms with Crippen molar-refractivity contribution in [1.82, 2.24) is 15.5 Å². The molecular formula is C15H18N4O3. The van der Waals surface area contributed by atoms with Crippen LogP contribution < -0.4 is 20.1 Å². The first-order valence-corrected chi connectivity index (χ1v) is 7.16. The van der Waals surface area contributed by atoms with Gasteiger partial charge in [0.1, 0.15) is 5.82 Å². The van der Waals surface area contributed by atoms with Crippen molar-refractivity contribution in [3.8, 4) is 22.6 Å². The maximum Gasteiger partial charge on any atom is 0.231 e. The van der Waals surface area contributed by atoms with Gasteiger partial charge in [0.05, 0.1) is 6.20 Å². The summed E-state index contributed by atoms with van der Waals surface area (Å²) in [5.74, 6) is 1.98. The minimum atomic E-state index is -0.0403. The average Bonchev–Trinajstić information content (AvgIpc) is 3.15. The van der Waals surface area contributed by atoms with E-state index in [0.29, 0.717) is 18.0 Å². The summed E-state index contributed by atoms with van der Waals surface area (Å²) >= 11 is 0. The molecule has 0 atom stereocenters. The van der Waals surface area contributed by atoms with Crippen LogP contribution in [-0.2, 0) is 4.79 Å². The second kappa shape index (κ2) is 6.48. The van der Waals surface area contributed by atoms with Crippen LogP contribution in [0.4, 0.5) is 5.82 Å². The third-order valence-electron chi connectivity index (χ3n) is 3.42. The van der Waals surface area contributed by atoms with Crippen molar-refractivity contribution >= 4 is 11.7 Å². The molecule has 3 N–H and O–H groups in total. The van der Waals surface area contributed by atoms with Crippen LogP contribution in [0, 0.1) is 0 Å². The van der Waals surface area contributed by atoms with Crippen molar-refractivity contribution in [2.45, 2.75) is 12.8 Å². The lowest BCUT2D eigenvalue weighted by Gasteiger charge is -2.07. The Kier molecular flexibility index (Phi) is 4.24. The smallest absolute Gasteiger partial charge is 0.231 e. The zero-order valence-electron chi connectivity index (χ0n) is 12.3. The molecule has 1 amide bonds. The Labute approximate surface area is 128 Å². The number of hydrogen-bond donors (Lipinski definition) is 3. The second-order valence-electron chi connectivity index (χ2n) is 4.98. The van der Waals surface area contributed by atoms with Crippen molar-refractivity contribution in [2.75, 3.05) is 25.7 Å². The molecule has 0 saturated carbocycles. The number of fused-ring (bicyclic) bond motifs is 1. The van der Waals surface area contributed by atoms with Crippen molar-refractivity contribution in [1.29, 1.82) is 0 Å². The molecule has 7 nitrogen and oxygen atoms in total. The van der Waals surface area contributed by atoms with E-state index in [-0.39, 0.29) is 12.7 Å². The zero-order chi connectivity index (χ0) is 15.4. The maximum absolute atomic E-state index is 11.9. The van der Waals surface area contributed by atoms with Gasteiger partial charge in [-0.3, -0.25) is 9.89 Å². The molecule has 0 aliphatic carbocycles. The highest BCUT2D eigenvalue weighted by atomic mass is 16.7. The first kappa shape index (κ1) is 14.4. The van der Waals surface area contributed by atoms with Crippen LogP contribution in [-0.4, -0.2) is 36.5 Å². The number of hydrogen-bond acceptors (Lipinski definition) is 5. The molecule has 3 rings (SSSR count). The third kappa shape index (κ3) is 3.04. The largest absolute Gasteiger partial charge is 0.454 e. The van der Waals surface area contributed by atoms with Gasteiger partial charge in [0, 0.05) is 12.0 Å². The van der Waals surface area contributed by atoms with Gasteiger partial charge in [-0.25, -0.2) is 0 Å². The second-order valence-corrected chi connectivity index (χ2v) is 4.98. The summed E-state index contributed by atoms with van der Waals surface area (Å²) in [5, 5.41) is 12.7. The number of nitrogens with one attached hydrogen (secondary N) is 3. The quantitative estimate of drug-likeness (QED) is 0.707. The van der Waals surface area contributed by atoms with Crippen LogP contribution >= 0.6 is 0 Å². The topological polar surface area (TPSA) is 88.3 Å². The Morgan fingerprint density at radius 1 is 1.36 bits per heavy atom. The van der Waals surface area contributed by atoms with Gasteiger partial charge in [0.2, 0.25) is 12.7 Å². The Morgan fingerprint density at radius 2 is 2.23 bits per heavy atom. The number of carbonyl (C=O) groups excluding carboxylic acids is 1. The summed E-state index contributed by atoms with van der Waals surface area (Å²) in [7, 11) is 1.87. The molecule has 0 spiro atoms. The standard InChI is InChI=1S/C15H18N4O3/c1-16-6-2-3-14(20)18-15-11(8-17-19-15)10-4-5-12-13(7-10)22-9-21-12/h4-5,7-8,16H,2-3,6,9H2,1H3,(H2,17,18,19,20). The number of aromatic amines is 1. The predicted molar refractivity (Wildman–Crippen MR) is 81.9 cm³/mol. The number of aromatic nitrogens is 2. The first-order valence-electron chi connectivity index (χ1n) is 7.16. The van der Waals surface area contributed by atoms with Crippen molar-refractivity contribution < 1.29 is 14.3 Å². The number of anilines is 1. The normalized spacial score (nSPS) is 12.4. The lowest BCUT2D eigenvalue weighted by atomic mass is 10.1. The number of carbonyl (C=O) groups is 1. The number of H-pyrrole nitrogens is 1. The summed E-state index contributed by atoms with van der Waals surface area (Å²) in [6, 6.07) is 5.64. The molecule has 0 unspecified atom stereocenters. The molecule has 116 valence electrons. The van der Waals surface area contributed by atoms with Gasteiger partial charge in [0.25, 0.3) is 0 Å². The lowest BCUT2D eigenvalue weighted by molar-refractivity contribution is -0.116. The fourth-order valence-electron chi connectivity index (χ4n) is 2.29. The van der Waals surface area contributed by atoms with Crippen LogP contribution in [0.3, 0.4) is 0 Å². The monoisotopic (exact) mass is 302 g/mol. The Balaban J connectivity index is 1.73. The van der Waals surface area contributed by atoms with Crippen molar-refractivity contribution in [3.05, 3.63) is 24.4 Å². The first-order chi connectivity index (χ1) is 10.8. The van der Waals surface area contributed by atoms with E-state index in [0.717, 1.165) is 29.8 Å².